The third kappa shape index (κ3) is 6.41. The molecule has 0 saturated heterocycles. The summed E-state index contributed by atoms with van der Waals surface area (Å²) in [6.07, 6.45) is -10.0. The number of halogens is 6. The second kappa shape index (κ2) is 12.7. The number of benzene rings is 6. The van der Waals surface area contributed by atoms with Gasteiger partial charge in [0.15, 0.2) is 17.5 Å². The highest BCUT2D eigenvalue weighted by Crippen LogP contribution is 2.43. The fourth-order valence-electron chi connectivity index (χ4n) is 6.65. The van der Waals surface area contributed by atoms with Crippen molar-refractivity contribution in [2.45, 2.75) is 26.2 Å². The first-order valence-corrected chi connectivity index (χ1v) is 16.7. The smallest absolute Gasteiger partial charge is 0.309 e. The van der Waals surface area contributed by atoms with E-state index in [0.717, 1.165) is 56.2 Å². The van der Waals surface area contributed by atoms with Crippen molar-refractivity contribution in [2.24, 2.45) is 0 Å². The third-order valence-electron chi connectivity index (χ3n) is 9.17. The molecule has 2 aromatic heterocycles. The molecule has 0 saturated carbocycles. The number of hydrogen-bond acceptors (Lipinski definition) is 3. The normalized spacial score (nSPS) is 12.2. The molecule has 53 heavy (non-hydrogen) atoms. The first-order chi connectivity index (χ1) is 25.3. The van der Waals surface area contributed by atoms with Gasteiger partial charge in [-0.1, -0.05) is 97.1 Å². The Morgan fingerprint density at radius 1 is 0.434 bits per heavy atom. The molecule has 0 bridgehead atoms. The van der Waals surface area contributed by atoms with E-state index >= 15 is 0 Å². The van der Waals surface area contributed by atoms with Crippen LogP contribution in [0.3, 0.4) is 0 Å². The second-order valence-corrected chi connectivity index (χ2v) is 12.9. The van der Waals surface area contributed by atoms with E-state index in [2.05, 4.69) is 0 Å². The Kier molecular flexibility index (Phi) is 8.13. The van der Waals surface area contributed by atoms with Crippen molar-refractivity contribution in [3.05, 3.63) is 156 Å². The summed E-state index contributed by atoms with van der Waals surface area (Å²) in [6, 6.07) is 37.1. The molecule has 0 aliphatic heterocycles. The lowest BCUT2D eigenvalue weighted by molar-refractivity contribution is -0.143. The number of nitrogens with zero attached hydrogens (tertiary/aromatic N) is 4. The summed E-state index contributed by atoms with van der Waals surface area (Å²) in [5, 5.41) is 1.75. The van der Waals surface area contributed by atoms with Gasteiger partial charge in [0.2, 0.25) is 0 Å². The van der Waals surface area contributed by atoms with Crippen LogP contribution in [0.4, 0.5) is 26.3 Å². The number of hydrogen-bond donors (Lipinski definition) is 0. The van der Waals surface area contributed by atoms with Crippen LogP contribution >= 0.6 is 0 Å². The molecule has 0 unspecified atom stereocenters. The molecular weight excluding hydrogens is 686 g/mol. The van der Waals surface area contributed by atoms with E-state index in [4.69, 9.17) is 15.0 Å². The third-order valence-corrected chi connectivity index (χ3v) is 9.17. The zero-order chi connectivity index (χ0) is 37.1. The molecular formula is C43H28F6N4. The standard InChI is InChI=1S/C43H28F6N4/c1-25-13-16-34-35-17-14-26(2)20-37(35)53(36(34)19-25)38-23-29(15-18-33(38)30-21-31(42(44,45)46)24-32(22-30)43(47,48)49)41-51-39(27-9-5-3-6-10-27)50-40(52-41)28-11-7-4-8-12-28/h3-24H,1-2H3. The molecule has 2 heterocycles. The Bertz CT molecular complexity index is 2510. The van der Waals surface area contributed by atoms with E-state index in [0.29, 0.717) is 22.9 Å². The van der Waals surface area contributed by atoms with E-state index in [1.807, 2.05) is 115 Å². The highest BCUT2D eigenvalue weighted by atomic mass is 19.4. The summed E-state index contributed by atoms with van der Waals surface area (Å²) >= 11 is 0. The lowest BCUT2D eigenvalue weighted by Gasteiger charge is -2.19. The lowest BCUT2D eigenvalue weighted by atomic mass is 9.96. The van der Waals surface area contributed by atoms with Crippen molar-refractivity contribution in [2.75, 3.05) is 0 Å². The Hall–Kier alpha value is -6.29. The SMILES string of the molecule is Cc1ccc2c3ccc(C)cc3n(-c3cc(-c4nc(-c5ccccc5)nc(-c5ccccc5)n4)ccc3-c3cc(C(F)(F)F)cc(C(F)(F)F)c3)c2c1. The summed E-state index contributed by atoms with van der Waals surface area (Å²) in [6.45, 7) is 3.85. The molecule has 0 radical (unpaired) electrons. The molecule has 6 aromatic carbocycles. The molecule has 262 valence electrons. The second-order valence-electron chi connectivity index (χ2n) is 12.9. The van der Waals surface area contributed by atoms with Gasteiger partial charge in [0.25, 0.3) is 0 Å². The highest BCUT2D eigenvalue weighted by molar-refractivity contribution is 6.10. The number of alkyl halides is 6. The van der Waals surface area contributed by atoms with Crippen molar-refractivity contribution in [3.8, 4) is 51.0 Å². The van der Waals surface area contributed by atoms with Gasteiger partial charge in [-0.05, 0) is 66.9 Å². The van der Waals surface area contributed by atoms with Crippen molar-refractivity contribution in [1.82, 2.24) is 19.5 Å². The summed E-state index contributed by atoms with van der Waals surface area (Å²) in [5.41, 5.74) is 2.75. The summed E-state index contributed by atoms with van der Waals surface area (Å²) in [5.74, 6) is 1.07. The van der Waals surface area contributed by atoms with Gasteiger partial charge in [-0.2, -0.15) is 26.3 Å². The monoisotopic (exact) mass is 714 g/mol. The summed E-state index contributed by atoms with van der Waals surface area (Å²) in [4.78, 5) is 14.4. The first-order valence-electron chi connectivity index (χ1n) is 16.7. The molecule has 0 aliphatic rings. The van der Waals surface area contributed by atoms with Gasteiger partial charge in [0, 0.05) is 33.0 Å². The average molecular weight is 715 g/mol. The molecule has 8 aromatic rings. The molecule has 0 fully saturated rings. The Labute approximate surface area is 300 Å². The maximum atomic E-state index is 14.2. The van der Waals surface area contributed by atoms with Crippen molar-refractivity contribution in [1.29, 1.82) is 0 Å². The van der Waals surface area contributed by atoms with Crippen LogP contribution in [0.1, 0.15) is 22.3 Å². The predicted molar refractivity (Wildman–Crippen MR) is 195 cm³/mol. The van der Waals surface area contributed by atoms with Crippen LogP contribution in [0.25, 0.3) is 72.8 Å². The molecule has 8 rings (SSSR count). The zero-order valence-electron chi connectivity index (χ0n) is 28.3. The molecule has 10 heteroatoms. The number of rotatable bonds is 5. The van der Waals surface area contributed by atoms with Crippen LogP contribution in [0, 0.1) is 13.8 Å². The number of aryl methyl sites for hydroxylation is 2. The highest BCUT2D eigenvalue weighted by Gasteiger charge is 2.37. The van der Waals surface area contributed by atoms with Crippen LogP contribution in [0.15, 0.2) is 133 Å². The molecule has 0 spiro atoms. The van der Waals surface area contributed by atoms with E-state index in [1.54, 1.807) is 12.1 Å². The largest absolute Gasteiger partial charge is 0.416 e. The lowest BCUT2D eigenvalue weighted by Crippen LogP contribution is -2.11. The van der Waals surface area contributed by atoms with Crippen LogP contribution in [0.2, 0.25) is 0 Å². The molecule has 4 nitrogen and oxygen atoms in total. The van der Waals surface area contributed by atoms with Gasteiger partial charge < -0.3 is 4.57 Å². The first kappa shape index (κ1) is 33.8. The van der Waals surface area contributed by atoms with Crippen LogP contribution < -0.4 is 0 Å². The van der Waals surface area contributed by atoms with Crippen molar-refractivity contribution < 1.29 is 26.3 Å². The van der Waals surface area contributed by atoms with Gasteiger partial charge in [-0.15, -0.1) is 0 Å². The van der Waals surface area contributed by atoms with Crippen LogP contribution in [-0.2, 0) is 12.4 Å². The minimum atomic E-state index is -5.02. The van der Waals surface area contributed by atoms with Crippen LogP contribution in [0.5, 0.6) is 0 Å². The van der Waals surface area contributed by atoms with Gasteiger partial charge in [0.1, 0.15) is 0 Å². The van der Waals surface area contributed by atoms with Gasteiger partial charge in [-0.3, -0.25) is 0 Å². The molecule has 0 atom stereocenters. The van der Waals surface area contributed by atoms with Crippen molar-refractivity contribution in [3.63, 3.8) is 0 Å². The number of fused-ring (bicyclic) bond motifs is 3. The molecule has 0 N–H and O–H groups in total. The van der Waals surface area contributed by atoms with E-state index < -0.39 is 23.5 Å². The van der Waals surface area contributed by atoms with E-state index in [1.165, 1.54) is 6.07 Å². The van der Waals surface area contributed by atoms with E-state index in [9.17, 15) is 26.3 Å². The van der Waals surface area contributed by atoms with Crippen LogP contribution in [-0.4, -0.2) is 19.5 Å². The van der Waals surface area contributed by atoms with Gasteiger partial charge in [0.05, 0.1) is 27.8 Å². The molecule has 0 amide bonds. The summed E-state index contributed by atoms with van der Waals surface area (Å²) < 4.78 is 87.0. The zero-order valence-corrected chi connectivity index (χ0v) is 28.3. The van der Waals surface area contributed by atoms with E-state index in [-0.39, 0.29) is 23.0 Å². The Balaban J connectivity index is 1.46. The summed E-state index contributed by atoms with van der Waals surface area (Å²) in [7, 11) is 0. The maximum Gasteiger partial charge on any atom is 0.416 e. The average Bonchev–Trinajstić information content (AvgIpc) is 3.46. The fraction of sp³-hybridized carbons (Fsp3) is 0.0930. The fourth-order valence-corrected chi connectivity index (χ4v) is 6.65. The minimum absolute atomic E-state index is 0.145. The quantitative estimate of drug-likeness (QED) is 0.167. The Morgan fingerprint density at radius 2 is 0.887 bits per heavy atom. The minimum Gasteiger partial charge on any atom is -0.309 e. The van der Waals surface area contributed by atoms with Gasteiger partial charge >= 0.3 is 12.4 Å². The Morgan fingerprint density at radius 3 is 1.34 bits per heavy atom. The van der Waals surface area contributed by atoms with Gasteiger partial charge in [-0.25, -0.2) is 15.0 Å². The molecule has 0 aliphatic carbocycles. The van der Waals surface area contributed by atoms with Crippen molar-refractivity contribution >= 4 is 21.8 Å². The topological polar surface area (TPSA) is 43.6 Å². The predicted octanol–water partition coefficient (Wildman–Crippen LogP) is 12.3. The maximum absolute atomic E-state index is 14.2. The number of aromatic nitrogens is 4.